The van der Waals surface area contributed by atoms with Crippen LogP contribution in [0.4, 0.5) is 11.4 Å². The zero-order valence-corrected chi connectivity index (χ0v) is 26.5. The lowest BCUT2D eigenvalue weighted by Crippen LogP contribution is -2.46. The van der Waals surface area contributed by atoms with E-state index in [1.54, 1.807) is 31.2 Å². The third-order valence-electron chi connectivity index (χ3n) is 8.00. The zero-order valence-electron chi connectivity index (χ0n) is 24.9. The lowest BCUT2D eigenvalue weighted by Gasteiger charge is -2.37. The van der Waals surface area contributed by atoms with Gasteiger partial charge in [0.1, 0.15) is 5.75 Å². The van der Waals surface area contributed by atoms with Crippen molar-refractivity contribution in [3.63, 3.8) is 0 Å². The first kappa shape index (κ1) is 31.6. The quantitative estimate of drug-likeness (QED) is 0.353. The minimum atomic E-state index is -4.59. The molecule has 2 aromatic rings. The molecule has 228 valence electrons. The molecule has 12 heteroatoms. The topological polar surface area (TPSA) is 99.7 Å². The fourth-order valence-corrected chi connectivity index (χ4v) is 8.01. The molecule has 0 spiro atoms. The SMILES string of the molecule is CCCN1CCN(c2cccc(OS(=O)(=O)C(OS(C)(=O)=O)c3cccc(N4CCN(CC)CC4)c3C)c2C)CC1. The molecule has 0 aromatic heterocycles. The van der Waals surface area contributed by atoms with Crippen molar-refractivity contribution in [3.8, 4) is 5.75 Å². The maximum Gasteiger partial charge on any atom is 0.342 e. The highest BCUT2D eigenvalue weighted by atomic mass is 32.2. The van der Waals surface area contributed by atoms with Gasteiger partial charge in [-0.25, -0.2) is 4.18 Å². The third kappa shape index (κ3) is 7.72. The maximum atomic E-state index is 13.8. The number of anilines is 2. The Morgan fingerprint density at radius 2 is 1.29 bits per heavy atom. The lowest BCUT2D eigenvalue weighted by molar-refractivity contribution is 0.258. The number of hydrogen-bond acceptors (Lipinski definition) is 10. The number of rotatable bonds is 11. The lowest BCUT2D eigenvalue weighted by atomic mass is 10.1. The van der Waals surface area contributed by atoms with Crippen molar-refractivity contribution >= 4 is 31.6 Å². The van der Waals surface area contributed by atoms with Gasteiger partial charge in [-0.2, -0.15) is 16.8 Å². The minimum absolute atomic E-state index is 0.157. The van der Waals surface area contributed by atoms with Gasteiger partial charge in [0, 0.05) is 74.9 Å². The summed E-state index contributed by atoms with van der Waals surface area (Å²) in [5, 5.41) is 0. The molecule has 0 N–H and O–H groups in total. The highest BCUT2D eigenvalue weighted by molar-refractivity contribution is 7.89. The molecule has 1 unspecified atom stereocenters. The molecule has 2 aromatic carbocycles. The molecule has 2 saturated heterocycles. The van der Waals surface area contributed by atoms with Crippen LogP contribution in [0.5, 0.6) is 5.75 Å². The van der Waals surface area contributed by atoms with Crippen molar-refractivity contribution in [3.05, 3.63) is 53.1 Å². The van der Waals surface area contributed by atoms with Gasteiger partial charge in [-0.1, -0.05) is 32.0 Å². The van der Waals surface area contributed by atoms with Crippen LogP contribution in [0.15, 0.2) is 36.4 Å². The van der Waals surface area contributed by atoms with Crippen molar-refractivity contribution in [1.82, 2.24) is 9.80 Å². The summed E-state index contributed by atoms with van der Waals surface area (Å²) >= 11 is 0. The van der Waals surface area contributed by atoms with Gasteiger partial charge in [0.25, 0.3) is 10.1 Å². The second-order valence-corrected chi connectivity index (χ2v) is 14.0. The summed E-state index contributed by atoms with van der Waals surface area (Å²) in [5.74, 6) is 0.157. The Morgan fingerprint density at radius 1 is 0.756 bits per heavy atom. The molecule has 0 bridgehead atoms. The van der Waals surface area contributed by atoms with Crippen LogP contribution in [-0.4, -0.2) is 98.3 Å². The van der Waals surface area contributed by atoms with Gasteiger partial charge >= 0.3 is 10.1 Å². The average Bonchev–Trinajstić information content (AvgIpc) is 2.93. The van der Waals surface area contributed by atoms with Crippen LogP contribution in [0.25, 0.3) is 0 Å². The van der Waals surface area contributed by atoms with Crippen molar-refractivity contribution < 1.29 is 25.2 Å². The van der Waals surface area contributed by atoms with Crippen LogP contribution in [-0.2, 0) is 24.4 Å². The Labute approximate surface area is 246 Å². The maximum absolute atomic E-state index is 13.8. The molecular weight excluding hydrogens is 564 g/mol. The summed E-state index contributed by atoms with van der Waals surface area (Å²) in [6.07, 6.45) is 1.96. The fraction of sp³-hybridized carbons (Fsp3) is 0.586. The molecule has 2 heterocycles. The minimum Gasteiger partial charge on any atom is -0.380 e. The molecule has 1 atom stereocenters. The average molecular weight is 609 g/mol. The van der Waals surface area contributed by atoms with Crippen molar-refractivity contribution in [2.75, 3.05) is 81.5 Å². The summed E-state index contributed by atoms with van der Waals surface area (Å²) in [4.78, 5) is 9.20. The molecule has 2 fully saturated rings. The van der Waals surface area contributed by atoms with Crippen LogP contribution >= 0.6 is 0 Å². The number of piperazine rings is 2. The summed E-state index contributed by atoms with van der Waals surface area (Å²) in [5.41, 5.74) is 1.47. The number of nitrogens with zero attached hydrogens (tertiary/aromatic N) is 4. The molecule has 0 saturated carbocycles. The highest BCUT2D eigenvalue weighted by Gasteiger charge is 2.37. The van der Waals surface area contributed by atoms with Gasteiger partial charge in [-0.3, -0.25) is 4.90 Å². The molecule has 0 aliphatic carbocycles. The van der Waals surface area contributed by atoms with Gasteiger partial charge in [0.15, 0.2) is 0 Å². The summed E-state index contributed by atoms with van der Waals surface area (Å²) in [6.45, 7) is 16.9. The molecule has 0 radical (unpaired) electrons. The van der Waals surface area contributed by atoms with Gasteiger partial charge in [-0.05, 0) is 57.1 Å². The van der Waals surface area contributed by atoms with E-state index in [0.717, 1.165) is 89.5 Å². The summed E-state index contributed by atoms with van der Waals surface area (Å²) < 4.78 is 63.2. The number of hydrogen-bond donors (Lipinski definition) is 0. The van der Waals surface area contributed by atoms with Crippen molar-refractivity contribution in [2.45, 2.75) is 39.6 Å². The fourth-order valence-electron chi connectivity index (χ4n) is 5.69. The molecule has 2 aliphatic rings. The van der Waals surface area contributed by atoms with Crippen LogP contribution < -0.4 is 14.0 Å². The van der Waals surface area contributed by atoms with Gasteiger partial charge in [0.05, 0.1) is 6.26 Å². The van der Waals surface area contributed by atoms with E-state index in [1.165, 1.54) is 0 Å². The first-order chi connectivity index (χ1) is 19.4. The largest absolute Gasteiger partial charge is 0.380 e. The second-order valence-electron chi connectivity index (χ2n) is 10.9. The Hall–Kier alpha value is -2.38. The Bertz CT molecular complexity index is 1400. The molecule has 4 rings (SSSR count). The van der Waals surface area contributed by atoms with Gasteiger partial charge in [-0.15, -0.1) is 0 Å². The Kier molecular flexibility index (Phi) is 10.2. The molecular formula is C29H44N4O6S2. The van der Waals surface area contributed by atoms with E-state index in [0.29, 0.717) is 11.1 Å². The zero-order chi connectivity index (χ0) is 29.8. The predicted octanol–water partition coefficient (Wildman–Crippen LogP) is 3.36. The van der Waals surface area contributed by atoms with E-state index >= 15 is 0 Å². The Balaban J connectivity index is 1.62. The number of likely N-dealkylation sites (N-methyl/N-ethyl adjacent to an activating group) is 1. The van der Waals surface area contributed by atoms with Crippen LogP contribution in [0, 0.1) is 13.8 Å². The van der Waals surface area contributed by atoms with Crippen molar-refractivity contribution in [2.24, 2.45) is 0 Å². The monoisotopic (exact) mass is 608 g/mol. The molecule has 41 heavy (non-hydrogen) atoms. The van der Waals surface area contributed by atoms with Crippen LogP contribution in [0.3, 0.4) is 0 Å². The Morgan fingerprint density at radius 3 is 1.83 bits per heavy atom. The van der Waals surface area contributed by atoms with Gasteiger partial charge in [0.2, 0.25) is 5.44 Å². The smallest absolute Gasteiger partial charge is 0.342 e. The third-order valence-corrected chi connectivity index (χ3v) is 9.95. The van der Waals surface area contributed by atoms with E-state index in [2.05, 4.69) is 33.4 Å². The molecule has 2 aliphatic heterocycles. The highest BCUT2D eigenvalue weighted by Crippen LogP contribution is 2.37. The number of benzene rings is 2. The van der Waals surface area contributed by atoms with E-state index < -0.39 is 25.7 Å². The first-order valence-corrected chi connectivity index (χ1v) is 17.7. The second kappa shape index (κ2) is 13.3. The normalized spacial score (nSPS) is 18.5. The van der Waals surface area contributed by atoms with E-state index in [4.69, 9.17) is 8.37 Å². The summed E-state index contributed by atoms with van der Waals surface area (Å²) in [6, 6.07) is 10.6. The molecule has 10 nitrogen and oxygen atoms in total. The van der Waals surface area contributed by atoms with Crippen LogP contribution in [0.2, 0.25) is 0 Å². The van der Waals surface area contributed by atoms with Crippen LogP contribution in [0.1, 0.15) is 42.4 Å². The van der Waals surface area contributed by atoms with Gasteiger partial charge < -0.3 is 18.9 Å². The predicted molar refractivity (Wildman–Crippen MR) is 164 cm³/mol. The molecule has 0 amide bonds. The standard InChI is InChI=1S/C29H44N4O6S2/c1-6-14-31-17-21-33(22-18-31)27-12-9-13-28(24(27)4)38-41(36,37)29(39-40(5,34)35)25-10-8-11-26(23(25)3)32-19-15-30(7-2)16-20-32/h8-13,29H,6-7,14-22H2,1-5H3. The summed E-state index contributed by atoms with van der Waals surface area (Å²) in [7, 11) is -8.74. The first-order valence-electron chi connectivity index (χ1n) is 14.4. The van der Waals surface area contributed by atoms with E-state index in [1.807, 2.05) is 19.1 Å². The van der Waals surface area contributed by atoms with Crippen molar-refractivity contribution in [1.29, 1.82) is 0 Å². The van der Waals surface area contributed by atoms with E-state index in [9.17, 15) is 16.8 Å². The van der Waals surface area contributed by atoms with E-state index in [-0.39, 0.29) is 11.3 Å².